The van der Waals surface area contributed by atoms with Crippen LogP contribution in [0.3, 0.4) is 0 Å². The van der Waals surface area contributed by atoms with Crippen LogP contribution in [0.25, 0.3) is 0 Å². The first kappa shape index (κ1) is 14.1. The smallest absolute Gasteiger partial charge is 0.319 e. The lowest BCUT2D eigenvalue weighted by Crippen LogP contribution is -2.40. The van der Waals surface area contributed by atoms with Gasteiger partial charge < -0.3 is 20.2 Å². The molecule has 0 saturated carbocycles. The monoisotopic (exact) mass is 274 g/mol. The van der Waals surface area contributed by atoms with E-state index < -0.39 is 5.60 Å². The first-order valence-electron chi connectivity index (χ1n) is 6.36. The molecule has 0 aliphatic carbocycles. The van der Waals surface area contributed by atoms with Gasteiger partial charge in [0.1, 0.15) is 11.4 Å². The summed E-state index contributed by atoms with van der Waals surface area (Å²) < 4.78 is 5.15. The van der Waals surface area contributed by atoms with Gasteiger partial charge in [-0.25, -0.2) is 4.79 Å². The summed E-state index contributed by atoms with van der Waals surface area (Å²) in [5, 5.41) is 15.6. The maximum Gasteiger partial charge on any atom is 0.319 e. The molecule has 0 unspecified atom stereocenters. The number of carbonyl (C=O) groups is 1. The molecule has 0 aliphatic heterocycles. The second kappa shape index (κ2) is 5.79. The van der Waals surface area contributed by atoms with Crippen LogP contribution in [-0.4, -0.2) is 17.7 Å². The van der Waals surface area contributed by atoms with Crippen LogP contribution in [0, 0.1) is 6.92 Å². The summed E-state index contributed by atoms with van der Waals surface area (Å²) in [6.45, 7) is 3.55. The van der Waals surface area contributed by atoms with E-state index in [0.29, 0.717) is 5.76 Å². The zero-order chi connectivity index (χ0) is 14.6. The summed E-state index contributed by atoms with van der Waals surface area (Å²) in [4.78, 5) is 11.8. The van der Waals surface area contributed by atoms with Gasteiger partial charge in [-0.15, -0.1) is 0 Å². The Bertz CT molecular complexity index is 577. The highest BCUT2D eigenvalue weighted by Gasteiger charge is 2.26. The third-order valence-corrected chi connectivity index (χ3v) is 3.04. The zero-order valence-corrected chi connectivity index (χ0v) is 11.5. The lowest BCUT2D eigenvalue weighted by Gasteiger charge is -2.21. The van der Waals surface area contributed by atoms with E-state index in [0.717, 1.165) is 11.3 Å². The predicted octanol–water partition coefficient (Wildman–Crippen LogP) is 2.62. The Morgan fingerprint density at radius 3 is 2.70 bits per heavy atom. The zero-order valence-electron chi connectivity index (χ0n) is 11.5. The molecule has 2 aromatic rings. The number of amides is 2. The van der Waals surface area contributed by atoms with Gasteiger partial charge in [0.05, 0.1) is 12.8 Å². The van der Waals surface area contributed by atoms with E-state index in [1.165, 1.54) is 6.26 Å². The molecule has 2 amide bonds. The minimum Gasteiger partial charge on any atom is -0.466 e. The van der Waals surface area contributed by atoms with Crippen LogP contribution in [0.4, 0.5) is 10.5 Å². The van der Waals surface area contributed by atoms with Crippen molar-refractivity contribution in [2.24, 2.45) is 0 Å². The van der Waals surface area contributed by atoms with Gasteiger partial charge >= 0.3 is 6.03 Å². The Morgan fingerprint density at radius 1 is 1.30 bits per heavy atom. The SMILES string of the molecule is Cc1ccccc1NC(=O)NC[C@](C)(O)c1ccco1. The maximum absolute atomic E-state index is 11.8. The normalized spacial score (nSPS) is 13.6. The summed E-state index contributed by atoms with van der Waals surface area (Å²) in [5.41, 5.74) is 0.468. The number of furan rings is 1. The average Bonchev–Trinajstić information content (AvgIpc) is 2.94. The van der Waals surface area contributed by atoms with Gasteiger partial charge in [0.2, 0.25) is 0 Å². The molecule has 0 aliphatic rings. The third-order valence-electron chi connectivity index (χ3n) is 3.04. The topological polar surface area (TPSA) is 74.5 Å². The van der Waals surface area contributed by atoms with Crippen molar-refractivity contribution in [1.82, 2.24) is 5.32 Å². The molecule has 20 heavy (non-hydrogen) atoms. The molecule has 0 spiro atoms. The Hall–Kier alpha value is -2.27. The van der Waals surface area contributed by atoms with E-state index in [9.17, 15) is 9.90 Å². The molecule has 5 heteroatoms. The summed E-state index contributed by atoms with van der Waals surface area (Å²) in [6, 6.07) is 10.5. The minimum atomic E-state index is -1.24. The van der Waals surface area contributed by atoms with Gasteiger partial charge in [0.15, 0.2) is 0 Å². The Kier molecular flexibility index (Phi) is 4.10. The highest BCUT2D eigenvalue weighted by Crippen LogP contribution is 2.20. The quantitative estimate of drug-likeness (QED) is 0.802. The molecule has 5 nitrogen and oxygen atoms in total. The summed E-state index contributed by atoms with van der Waals surface area (Å²) in [7, 11) is 0. The molecule has 1 atom stereocenters. The molecule has 1 heterocycles. The molecule has 0 bridgehead atoms. The molecule has 3 N–H and O–H groups in total. The highest BCUT2D eigenvalue weighted by molar-refractivity contribution is 5.90. The second-order valence-corrected chi connectivity index (χ2v) is 4.87. The molecule has 1 aromatic carbocycles. The van der Waals surface area contributed by atoms with Crippen LogP contribution in [0.15, 0.2) is 47.1 Å². The van der Waals surface area contributed by atoms with Crippen molar-refractivity contribution in [2.75, 3.05) is 11.9 Å². The lowest BCUT2D eigenvalue weighted by molar-refractivity contribution is 0.0372. The number of aliphatic hydroxyl groups is 1. The van der Waals surface area contributed by atoms with Crippen molar-refractivity contribution < 1.29 is 14.3 Å². The summed E-state index contributed by atoms with van der Waals surface area (Å²) >= 11 is 0. The number of nitrogens with one attached hydrogen (secondary N) is 2. The van der Waals surface area contributed by atoms with Crippen molar-refractivity contribution in [3.8, 4) is 0 Å². The first-order chi connectivity index (χ1) is 9.49. The van der Waals surface area contributed by atoms with Crippen LogP contribution in [0.5, 0.6) is 0 Å². The molecule has 1 aromatic heterocycles. The second-order valence-electron chi connectivity index (χ2n) is 4.87. The van der Waals surface area contributed by atoms with Crippen LogP contribution in [0.2, 0.25) is 0 Å². The van der Waals surface area contributed by atoms with E-state index in [2.05, 4.69) is 10.6 Å². The number of aryl methyl sites for hydroxylation is 1. The fourth-order valence-corrected chi connectivity index (χ4v) is 1.80. The highest BCUT2D eigenvalue weighted by atomic mass is 16.4. The van der Waals surface area contributed by atoms with Crippen LogP contribution in [0.1, 0.15) is 18.2 Å². The number of rotatable bonds is 4. The largest absolute Gasteiger partial charge is 0.466 e. The lowest BCUT2D eigenvalue weighted by atomic mass is 10.0. The number of carbonyl (C=O) groups excluding carboxylic acids is 1. The standard InChI is InChI=1S/C15H18N2O3/c1-11-6-3-4-7-12(11)17-14(18)16-10-15(2,19)13-8-5-9-20-13/h3-9,19H,10H2,1-2H3,(H2,16,17,18)/t15-/m0/s1. The first-order valence-corrected chi connectivity index (χ1v) is 6.36. The minimum absolute atomic E-state index is 0.0538. The molecule has 0 radical (unpaired) electrons. The number of hydrogen-bond donors (Lipinski definition) is 3. The van der Waals surface area contributed by atoms with Crippen LogP contribution < -0.4 is 10.6 Å². The fourth-order valence-electron chi connectivity index (χ4n) is 1.80. The molecular weight excluding hydrogens is 256 g/mol. The summed E-state index contributed by atoms with van der Waals surface area (Å²) in [5.74, 6) is 0.411. The van der Waals surface area contributed by atoms with E-state index in [-0.39, 0.29) is 12.6 Å². The van der Waals surface area contributed by atoms with E-state index in [1.807, 2.05) is 31.2 Å². The van der Waals surface area contributed by atoms with Crippen molar-refractivity contribution in [3.05, 3.63) is 54.0 Å². The van der Waals surface area contributed by atoms with Crippen LogP contribution in [-0.2, 0) is 5.60 Å². The van der Waals surface area contributed by atoms with Crippen molar-refractivity contribution in [3.63, 3.8) is 0 Å². The Labute approximate surface area is 117 Å². The van der Waals surface area contributed by atoms with Crippen molar-refractivity contribution in [2.45, 2.75) is 19.4 Å². The number of para-hydroxylation sites is 1. The van der Waals surface area contributed by atoms with Gasteiger partial charge in [0, 0.05) is 5.69 Å². The maximum atomic E-state index is 11.8. The van der Waals surface area contributed by atoms with E-state index >= 15 is 0 Å². The van der Waals surface area contributed by atoms with Crippen LogP contribution >= 0.6 is 0 Å². The predicted molar refractivity (Wildman–Crippen MR) is 76.5 cm³/mol. The molecule has 2 rings (SSSR count). The molecule has 106 valence electrons. The number of anilines is 1. The van der Waals surface area contributed by atoms with Crippen molar-refractivity contribution >= 4 is 11.7 Å². The van der Waals surface area contributed by atoms with Gasteiger partial charge in [-0.3, -0.25) is 0 Å². The summed E-state index contributed by atoms with van der Waals surface area (Å²) in [6.07, 6.45) is 1.48. The number of hydrogen-bond acceptors (Lipinski definition) is 3. The van der Waals surface area contributed by atoms with E-state index in [1.54, 1.807) is 19.1 Å². The molecule has 0 saturated heterocycles. The van der Waals surface area contributed by atoms with Gasteiger partial charge in [0.25, 0.3) is 0 Å². The Balaban J connectivity index is 1.91. The fraction of sp³-hybridized carbons (Fsp3) is 0.267. The third kappa shape index (κ3) is 3.39. The molecular formula is C15H18N2O3. The number of benzene rings is 1. The number of urea groups is 1. The van der Waals surface area contributed by atoms with Gasteiger partial charge in [-0.1, -0.05) is 18.2 Å². The molecule has 0 fully saturated rings. The average molecular weight is 274 g/mol. The van der Waals surface area contributed by atoms with Gasteiger partial charge in [-0.2, -0.15) is 0 Å². The van der Waals surface area contributed by atoms with Crippen molar-refractivity contribution in [1.29, 1.82) is 0 Å². The Morgan fingerprint density at radius 2 is 2.05 bits per heavy atom. The van der Waals surface area contributed by atoms with E-state index in [4.69, 9.17) is 4.42 Å². The van der Waals surface area contributed by atoms with Gasteiger partial charge in [-0.05, 0) is 37.6 Å².